The van der Waals surface area contributed by atoms with E-state index in [4.69, 9.17) is 0 Å². The molecule has 0 atom stereocenters. The van der Waals surface area contributed by atoms with Crippen LogP contribution in [0.25, 0.3) is 0 Å². The topological polar surface area (TPSA) is 29.1 Å². The minimum Gasteiger partial charge on any atom is -0.388 e. The van der Waals surface area contributed by atoms with E-state index < -0.39 is 0 Å². The number of carbonyl (C=O) groups is 1. The number of hydrogen-bond acceptors (Lipinski definition) is 2. The van der Waals surface area contributed by atoms with Crippen molar-refractivity contribution in [1.29, 1.82) is 0 Å². The second kappa shape index (κ2) is 5.24. The van der Waals surface area contributed by atoms with Gasteiger partial charge in [0.25, 0.3) is 0 Å². The number of carbonyl (C=O) groups excluding carboxylic acids is 1. The van der Waals surface area contributed by atoms with Crippen LogP contribution in [0.2, 0.25) is 0 Å². The summed E-state index contributed by atoms with van der Waals surface area (Å²) in [6, 6.07) is 0. The molecule has 0 radical (unpaired) electrons. The Kier molecular flexibility index (Phi) is 3.90. The van der Waals surface area contributed by atoms with Crippen LogP contribution in [0.5, 0.6) is 0 Å². The summed E-state index contributed by atoms with van der Waals surface area (Å²) in [6.45, 7) is 5.71. The van der Waals surface area contributed by atoms with Crippen LogP contribution < -0.4 is 5.32 Å². The van der Waals surface area contributed by atoms with Crippen LogP contribution in [0, 0.1) is 11.3 Å². The van der Waals surface area contributed by atoms with Gasteiger partial charge in [0.2, 0.25) is 0 Å². The monoisotopic (exact) mass is 235 g/mol. The molecule has 2 rings (SSSR count). The van der Waals surface area contributed by atoms with Crippen molar-refractivity contribution < 1.29 is 4.79 Å². The Morgan fingerprint density at radius 2 is 2.00 bits per heavy atom. The Bertz CT molecular complexity index is 311. The first-order valence-electron chi connectivity index (χ1n) is 7.07. The zero-order valence-corrected chi connectivity index (χ0v) is 11.2. The van der Waals surface area contributed by atoms with Crippen molar-refractivity contribution in [1.82, 2.24) is 5.32 Å². The molecule has 2 aliphatic carbocycles. The standard InChI is InChI=1S/C15H25NO/c1-12(2)10-15(7-3-4-8-15)11-16-13-5-6-14(17)9-13/h9,12,16H,3-8,10-11H2,1-2H3. The predicted molar refractivity (Wildman–Crippen MR) is 70.7 cm³/mol. The highest BCUT2D eigenvalue weighted by molar-refractivity contribution is 5.92. The SMILES string of the molecule is CC(C)CC1(CNC2=CC(=O)CC2)CCCC1. The van der Waals surface area contributed by atoms with E-state index in [-0.39, 0.29) is 5.78 Å². The third kappa shape index (κ3) is 3.34. The van der Waals surface area contributed by atoms with Crippen molar-refractivity contribution in [3.8, 4) is 0 Å². The van der Waals surface area contributed by atoms with Crippen LogP contribution in [0.1, 0.15) is 58.8 Å². The van der Waals surface area contributed by atoms with Gasteiger partial charge >= 0.3 is 0 Å². The summed E-state index contributed by atoms with van der Waals surface area (Å²) in [5, 5.41) is 3.54. The number of hydrogen-bond donors (Lipinski definition) is 1. The molecule has 2 heteroatoms. The van der Waals surface area contributed by atoms with E-state index in [9.17, 15) is 4.79 Å². The fourth-order valence-corrected chi connectivity index (χ4v) is 3.48. The third-order valence-corrected chi connectivity index (χ3v) is 4.17. The van der Waals surface area contributed by atoms with Crippen molar-refractivity contribution >= 4 is 5.78 Å². The lowest BCUT2D eigenvalue weighted by Gasteiger charge is -2.31. The molecule has 96 valence electrons. The van der Waals surface area contributed by atoms with Gasteiger partial charge in [-0.1, -0.05) is 26.7 Å². The molecule has 0 heterocycles. The Balaban J connectivity index is 1.89. The van der Waals surface area contributed by atoms with Gasteiger partial charge in [-0.25, -0.2) is 0 Å². The highest BCUT2D eigenvalue weighted by Gasteiger charge is 2.34. The Hall–Kier alpha value is -0.790. The lowest BCUT2D eigenvalue weighted by molar-refractivity contribution is -0.114. The molecule has 0 saturated heterocycles. The van der Waals surface area contributed by atoms with Crippen LogP contribution >= 0.6 is 0 Å². The summed E-state index contributed by atoms with van der Waals surface area (Å²) in [4.78, 5) is 11.2. The van der Waals surface area contributed by atoms with Gasteiger partial charge in [0.1, 0.15) is 0 Å². The third-order valence-electron chi connectivity index (χ3n) is 4.17. The van der Waals surface area contributed by atoms with Crippen molar-refractivity contribution in [2.24, 2.45) is 11.3 Å². The maximum Gasteiger partial charge on any atom is 0.157 e. The number of nitrogens with one attached hydrogen (secondary N) is 1. The summed E-state index contributed by atoms with van der Waals surface area (Å²) < 4.78 is 0. The lowest BCUT2D eigenvalue weighted by Crippen LogP contribution is -2.32. The summed E-state index contributed by atoms with van der Waals surface area (Å²) in [5.41, 5.74) is 1.67. The van der Waals surface area contributed by atoms with Crippen molar-refractivity contribution in [2.75, 3.05) is 6.54 Å². The summed E-state index contributed by atoms with van der Waals surface area (Å²) >= 11 is 0. The molecule has 1 fully saturated rings. The van der Waals surface area contributed by atoms with Crippen LogP contribution in [-0.4, -0.2) is 12.3 Å². The maximum atomic E-state index is 11.2. The first-order chi connectivity index (χ1) is 8.10. The second-order valence-electron chi connectivity index (χ2n) is 6.29. The van der Waals surface area contributed by atoms with E-state index in [1.54, 1.807) is 6.08 Å². The summed E-state index contributed by atoms with van der Waals surface area (Å²) in [6.07, 6.45) is 10.2. The first kappa shape index (κ1) is 12.7. The van der Waals surface area contributed by atoms with E-state index in [0.29, 0.717) is 11.8 Å². The van der Waals surface area contributed by atoms with Gasteiger partial charge in [-0.15, -0.1) is 0 Å². The molecule has 1 N–H and O–H groups in total. The maximum absolute atomic E-state index is 11.2. The zero-order valence-electron chi connectivity index (χ0n) is 11.2. The minimum absolute atomic E-state index is 0.289. The van der Waals surface area contributed by atoms with E-state index in [0.717, 1.165) is 18.9 Å². The van der Waals surface area contributed by atoms with Gasteiger partial charge in [0.05, 0.1) is 0 Å². The van der Waals surface area contributed by atoms with Gasteiger partial charge in [-0.05, 0) is 37.0 Å². The largest absolute Gasteiger partial charge is 0.388 e. The molecule has 0 aromatic rings. The number of rotatable bonds is 5. The fraction of sp³-hybridized carbons (Fsp3) is 0.800. The fourth-order valence-electron chi connectivity index (χ4n) is 3.48. The molecule has 17 heavy (non-hydrogen) atoms. The smallest absolute Gasteiger partial charge is 0.157 e. The Morgan fingerprint density at radius 3 is 2.53 bits per heavy atom. The van der Waals surface area contributed by atoms with Crippen molar-refractivity contribution in [3.63, 3.8) is 0 Å². The Labute approximate surface area is 105 Å². The van der Waals surface area contributed by atoms with E-state index >= 15 is 0 Å². The highest BCUT2D eigenvalue weighted by Crippen LogP contribution is 2.42. The second-order valence-corrected chi connectivity index (χ2v) is 6.29. The quantitative estimate of drug-likeness (QED) is 0.791. The summed E-state index contributed by atoms with van der Waals surface area (Å²) in [7, 11) is 0. The number of allylic oxidation sites excluding steroid dienone is 2. The van der Waals surface area contributed by atoms with E-state index in [2.05, 4.69) is 19.2 Å². The molecule has 2 nitrogen and oxygen atoms in total. The van der Waals surface area contributed by atoms with Gasteiger partial charge in [-0.2, -0.15) is 0 Å². The minimum atomic E-state index is 0.289. The molecule has 2 aliphatic rings. The lowest BCUT2D eigenvalue weighted by atomic mass is 9.78. The molecule has 0 amide bonds. The van der Waals surface area contributed by atoms with Crippen LogP contribution in [0.3, 0.4) is 0 Å². The summed E-state index contributed by atoms with van der Waals surface area (Å²) in [5.74, 6) is 1.06. The molecular weight excluding hydrogens is 210 g/mol. The molecule has 1 saturated carbocycles. The Morgan fingerprint density at radius 1 is 1.29 bits per heavy atom. The van der Waals surface area contributed by atoms with Crippen LogP contribution in [0.4, 0.5) is 0 Å². The predicted octanol–water partition coefficient (Wildman–Crippen LogP) is 3.43. The van der Waals surface area contributed by atoms with Crippen LogP contribution in [0.15, 0.2) is 11.8 Å². The molecule has 0 aliphatic heterocycles. The highest BCUT2D eigenvalue weighted by atomic mass is 16.1. The van der Waals surface area contributed by atoms with Gasteiger partial charge in [0.15, 0.2) is 5.78 Å². The van der Waals surface area contributed by atoms with Gasteiger partial charge in [0, 0.05) is 24.7 Å². The average molecular weight is 235 g/mol. The molecular formula is C15H25NO. The molecule has 0 aromatic heterocycles. The number of ketones is 1. The molecule has 0 bridgehead atoms. The average Bonchev–Trinajstić information content (AvgIpc) is 2.85. The van der Waals surface area contributed by atoms with E-state index in [1.165, 1.54) is 37.8 Å². The molecule has 0 aromatic carbocycles. The zero-order chi connectivity index (χ0) is 12.3. The van der Waals surface area contributed by atoms with Gasteiger partial charge in [-0.3, -0.25) is 4.79 Å². The van der Waals surface area contributed by atoms with Crippen molar-refractivity contribution in [3.05, 3.63) is 11.8 Å². The van der Waals surface area contributed by atoms with Gasteiger partial charge < -0.3 is 5.32 Å². The van der Waals surface area contributed by atoms with Crippen molar-refractivity contribution in [2.45, 2.75) is 58.8 Å². The molecule has 0 spiro atoms. The van der Waals surface area contributed by atoms with Crippen LogP contribution in [-0.2, 0) is 4.79 Å². The van der Waals surface area contributed by atoms with E-state index in [1.807, 2.05) is 0 Å². The normalized spacial score (nSPS) is 23.2. The molecule has 0 unspecified atom stereocenters. The first-order valence-corrected chi connectivity index (χ1v) is 7.07.